The lowest BCUT2D eigenvalue weighted by Gasteiger charge is -2.12. The standard InChI is InChI=1S/C23H15F4N3O2/c24-20-7-5-15(10-19(20)23(25,26)27)30-22(32)18-3-1-2-14-8-13(4-6-17(14)18)9-16-11-21(31)29-12-28-16/h1-8,10-12H,9H2,(H,30,32)(H,28,29,31). The number of benzene rings is 3. The average Bonchev–Trinajstić information content (AvgIpc) is 2.73. The summed E-state index contributed by atoms with van der Waals surface area (Å²) in [5.41, 5.74) is -0.185. The van der Waals surface area contributed by atoms with Crippen LogP contribution in [0.4, 0.5) is 23.2 Å². The largest absolute Gasteiger partial charge is 0.419 e. The monoisotopic (exact) mass is 441 g/mol. The number of rotatable bonds is 4. The van der Waals surface area contributed by atoms with Gasteiger partial charge in [0.15, 0.2) is 0 Å². The summed E-state index contributed by atoms with van der Waals surface area (Å²) in [4.78, 5) is 30.7. The number of nitrogens with one attached hydrogen (secondary N) is 2. The first kappa shape index (κ1) is 21.2. The minimum absolute atomic E-state index is 0.169. The predicted molar refractivity (Wildman–Crippen MR) is 111 cm³/mol. The van der Waals surface area contributed by atoms with E-state index in [1.54, 1.807) is 30.3 Å². The zero-order valence-electron chi connectivity index (χ0n) is 16.3. The normalized spacial score (nSPS) is 11.5. The summed E-state index contributed by atoms with van der Waals surface area (Å²) in [6.07, 6.45) is -3.15. The summed E-state index contributed by atoms with van der Waals surface area (Å²) < 4.78 is 52.3. The Morgan fingerprint density at radius 1 is 1.03 bits per heavy atom. The number of carbonyl (C=O) groups is 1. The van der Waals surface area contributed by atoms with Crippen molar-refractivity contribution in [2.24, 2.45) is 0 Å². The molecule has 0 aliphatic heterocycles. The molecule has 32 heavy (non-hydrogen) atoms. The zero-order valence-corrected chi connectivity index (χ0v) is 16.3. The quantitative estimate of drug-likeness (QED) is 0.442. The molecule has 1 aromatic heterocycles. The van der Waals surface area contributed by atoms with Crippen LogP contribution in [0.1, 0.15) is 27.2 Å². The number of hydrogen-bond acceptors (Lipinski definition) is 3. The number of aromatic nitrogens is 2. The molecule has 0 bridgehead atoms. The molecule has 0 atom stereocenters. The van der Waals surface area contributed by atoms with Crippen LogP contribution in [0.15, 0.2) is 71.8 Å². The van der Waals surface area contributed by atoms with Crippen LogP contribution in [0.3, 0.4) is 0 Å². The van der Waals surface area contributed by atoms with Gasteiger partial charge in [-0.3, -0.25) is 9.59 Å². The molecule has 2 N–H and O–H groups in total. The zero-order chi connectivity index (χ0) is 22.9. The molecule has 0 saturated carbocycles. The van der Waals surface area contributed by atoms with Gasteiger partial charge in [-0.25, -0.2) is 9.37 Å². The molecular formula is C23H15F4N3O2. The molecule has 0 aliphatic rings. The highest BCUT2D eigenvalue weighted by atomic mass is 19.4. The number of nitrogens with zero attached hydrogens (tertiary/aromatic N) is 1. The van der Waals surface area contributed by atoms with E-state index >= 15 is 0 Å². The van der Waals surface area contributed by atoms with E-state index in [1.807, 2.05) is 6.07 Å². The van der Waals surface area contributed by atoms with Crippen LogP contribution in [-0.4, -0.2) is 15.9 Å². The van der Waals surface area contributed by atoms with E-state index in [0.29, 0.717) is 29.6 Å². The Labute approximate surface area is 178 Å². The molecule has 0 spiro atoms. The Hall–Kier alpha value is -4.01. The maximum atomic E-state index is 13.5. The molecule has 0 fully saturated rings. The van der Waals surface area contributed by atoms with Gasteiger partial charge in [0.05, 0.1) is 17.6 Å². The molecule has 9 heteroatoms. The van der Waals surface area contributed by atoms with Crippen molar-refractivity contribution in [3.05, 3.63) is 106 Å². The predicted octanol–water partition coefficient (Wildman–Crippen LogP) is 4.92. The van der Waals surface area contributed by atoms with E-state index in [2.05, 4.69) is 15.3 Å². The lowest BCUT2D eigenvalue weighted by molar-refractivity contribution is -0.139. The number of H-pyrrole nitrogens is 1. The molecule has 0 saturated heterocycles. The van der Waals surface area contributed by atoms with Crippen LogP contribution < -0.4 is 10.9 Å². The summed E-state index contributed by atoms with van der Waals surface area (Å²) in [6, 6.07) is 14.0. The summed E-state index contributed by atoms with van der Waals surface area (Å²) in [5, 5.41) is 3.72. The van der Waals surface area contributed by atoms with Gasteiger partial charge in [0.1, 0.15) is 5.82 Å². The van der Waals surface area contributed by atoms with Gasteiger partial charge in [0.25, 0.3) is 11.5 Å². The lowest BCUT2D eigenvalue weighted by Crippen LogP contribution is -2.14. The van der Waals surface area contributed by atoms with E-state index in [9.17, 15) is 27.2 Å². The Balaban J connectivity index is 1.62. The third-order valence-electron chi connectivity index (χ3n) is 4.84. The summed E-state index contributed by atoms with van der Waals surface area (Å²) in [7, 11) is 0. The molecular weight excluding hydrogens is 426 g/mol. The smallest absolute Gasteiger partial charge is 0.322 e. The lowest BCUT2D eigenvalue weighted by atomic mass is 9.99. The molecule has 162 valence electrons. The summed E-state index contributed by atoms with van der Waals surface area (Å²) >= 11 is 0. The fraction of sp³-hybridized carbons (Fsp3) is 0.0870. The van der Waals surface area contributed by atoms with Crippen molar-refractivity contribution in [1.82, 2.24) is 9.97 Å². The first-order valence-corrected chi connectivity index (χ1v) is 9.44. The van der Waals surface area contributed by atoms with Gasteiger partial charge in [0, 0.05) is 23.7 Å². The van der Waals surface area contributed by atoms with E-state index < -0.39 is 23.5 Å². The Morgan fingerprint density at radius 3 is 2.59 bits per heavy atom. The number of amides is 1. The fourth-order valence-corrected chi connectivity index (χ4v) is 3.37. The molecule has 4 aromatic rings. The average molecular weight is 441 g/mol. The summed E-state index contributed by atoms with van der Waals surface area (Å²) in [5.74, 6) is -2.04. The summed E-state index contributed by atoms with van der Waals surface area (Å²) in [6.45, 7) is 0. The van der Waals surface area contributed by atoms with Crippen molar-refractivity contribution >= 4 is 22.4 Å². The third-order valence-corrected chi connectivity index (χ3v) is 4.84. The molecule has 4 rings (SSSR count). The van der Waals surface area contributed by atoms with E-state index in [0.717, 1.165) is 17.0 Å². The molecule has 1 heterocycles. The SMILES string of the molecule is O=C(Nc1ccc(F)c(C(F)(F)F)c1)c1cccc2cc(Cc3cc(=O)[nH]cn3)ccc12. The van der Waals surface area contributed by atoms with Gasteiger partial charge in [-0.1, -0.05) is 30.3 Å². The minimum atomic E-state index is -4.88. The third kappa shape index (κ3) is 4.51. The first-order valence-electron chi connectivity index (χ1n) is 9.44. The van der Waals surface area contributed by atoms with Crippen LogP contribution in [0.2, 0.25) is 0 Å². The van der Waals surface area contributed by atoms with Crippen LogP contribution in [0.25, 0.3) is 10.8 Å². The number of alkyl halides is 3. The van der Waals surface area contributed by atoms with Crippen molar-refractivity contribution in [3.8, 4) is 0 Å². The second-order valence-corrected chi connectivity index (χ2v) is 7.09. The maximum absolute atomic E-state index is 13.5. The number of anilines is 1. The highest BCUT2D eigenvalue weighted by molar-refractivity contribution is 6.13. The number of fused-ring (bicyclic) bond motifs is 1. The van der Waals surface area contributed by atoms with E-state index in [-0.39, 0.29) is 16.8 Å². The van der Waals surface area contributed by atoms with Gasteiger partial charge < -0.3 is 10.3 Å². The molecule has 0 aliphatic carbocycles. The van der Waals surface area contributed by atoms with Crippen LogP contribution in [-0.2, 0) is 12.6 Å². The van der Waals surface area contributed by atoms with Gasteiger partial charge in [0.2, 0.25) is 0 Å². The van der Waals surface area contributed by atoms with Crippen molar-refractivity contribution in [2.45, 2.75) is 12.6 Å². The van der Waals surface area contributed by atoms with Crippen molar-refractivity contribution in [1.29, 1.82) is 0 Å². The highest BCUT2D eigenvalue weighted by Crippen LogP contribution is 2.33. The number of halogens is 4. The van der Waals surface area contributed by atoms with Crippen LogP contribution in [0.5, 0.6) is 0 Å². The number of hydrogen-bond donors (Lipinski definition) is 2. The number of aromatic amines is 1. The van der Waals surface area contributed by atoms with Crippen LogP contribution >= 0.6 is 0 Å². The van der Waals surface area contributed by atoms with Crippen LogP contribution in [0, 0.1) is 5.82 Å². The van der Waals surface area contributed by atoms with Gasteiger partial charge in [-0.05, 0) is 40.6 Å². The topological polar surface area (TPSA) is 74.8 Å². The van der Waals surface area contributed by atoms with Crippen molar-refractivity contribution in [3.63, 3.8) is 0 Å². The molecule has 1 amide bonds. The Kier molecular flexibility index (Phi) is 5.48. The molecule has 3 aromatic carbocycles. The maximum Gasteiger partial charge on any atom is 0.419 e. The first-order chi connectivity index (χ1) is 15.2. The van der Waals surface area contributed by atoms with E-state index in [4.69, 9.17) is 0 Å². The van der Waals surface area contributed by atoms with Crippen molar-refractivity contribution < 1.29 is 22.4 Å². The molecule has 5 nitrogen and oxygen atoms in total. The van der Waals surface area contributed by atoms with Crippen molar-refractivity contribution in [2.75, 3.05) is 5.32 Å². The molecule has 0 radical (unpaired) electrons. The minimum Gasteiger partial charge on any atom is -0.322 e. The fourth-order valence-electron chi connectivity index (χ4n) is 3.37. The molecule has 0 unspecified atom stereocenters. The van der Waals surface area contributed by atoms with Gasteiger partial charge >= 0.3 is 6.18 Å². The van der Waals surface area contributed by atoms with E-state index in [1.165, 1.54) is 12.4 Å². The van der Waals surface area contributed by atoms with Gasteiger partial charge in [-0.2, -0.15) is 13.2 Å². The second kappa shape index (κ2) is 8.26. The highest BCUT2D eigenvalue weighted by Gasteiger charge is 2.34. The van der Waals surface area contributed by atoms with Gasteiger partial charge in [-0.15, -0.1) is 0 Å². The Bertz CT molecular complexity index is 1380. The Morgan fingerprint density at radius 2 is 1.84 bits per heavy atom. The second-order valence-electron chi connectivity index (χ2n) is 7.09. The number of carbonyl (C=O) groups excluding carboxylic acids is 1.